The van der Waals surface area contributed by atoms with Crippen LogP contribution in [0, 0.1) is 0 Å². The first-order valence-electron chi connectivity index (χ1n) is 5.16. The summed E-state index contributed by atoms with van der Waals surface area (Å²) in [6.07, 6.45) is 1.66. The third kappa shape index (κ3) is 3.15. The smallest absolute Gasteiger partial charge is 0.124 e. The highest BCUT2D eigenvalue weighted by Crippen LogP contribution is 2.29. The van der Waals surface area contributed by atoms with Crippen LogP contribution in [0.4, 0.5) is 0 Å². The van der Waals surface area contributed by atoms with Gasteiger partial charge >= 0.3 is 0 Å². The molecule has 0 bridgehead atoms. The minimum absolute atomic E-state index is 0.0146. The van der Waals surface area contributed by atoms with Crippen molar-refractivity contribution in [2.24, 2.45) is 5.73 Å². The van der Waals surface area contributed by atoms with Gasteiger partial charge in [-0.2, -0.15) is 0 Å². The van der Waals surface area contributed by atoms with E-state index in [4.69, 9.17) is 18.0 Å². The molecule has 0 aromatic carbocycles. The van der Waals surface area contributed by atoms with Gasteiger partial charge in [0.05, 0.1) is 11.9 Å². The van der Waals surface area contributed by atoms with Crippen molar-refractivity contribution in [2.75, 3.05) is 5.75 Å². The Morgan fingerprint density at radius 3 is 2.56 bits per heavy atom. The zero-order valence-electron chi connectivity index (χ0n) is 10.1. The largest absolute Gasteiger partial charge is 0.388 e. The maximum atomic E-state index is 5.56. The van der Waals surface area contributed by atoms with Gasteiger partial charge in [-0.3, -0.25) is 4.98 Å². The lowest BCUT2D eigenvalue weighted by Crippen LogP contribution is -2.19. The van der Waals surface area contributed by atoms with Crippen molar-refractivity contribution in [3.8, 4) is 0 Å². The van der Waals surface area contributed by atoms with Gasteiger partial charge in [-0.1, -0.05) is 39.9 Å². The van der Waals surface area contributed by atoms with Crippen LogP contribution in [-0.4, -0.2) is 20.7 Å². The van der Waals surface area contributed by atoms with E-state index < -0.39 is 0 Å². The zero-order valence-corrected chi connectivity index (χ0v) is 11.7. The highest BCUT2D eigenvalue weighted by Gasteiger charge is 2.21. The third-order valence-corrected chi connectivity index (χ3v) is 3.04. The van der Waals surface area contributed by atoms with Crippen molar-refractivity contribution in [1.82, 2.24) is 9.97 Å². The molecular formula is C11H17N3S2. The van der Waals surface area contributed by atoms with E-state index in [-0.39, 0.29) is 5.41 Å². The highest BCUT2D eigenvalue weighted by atomic mass is 32.2. The van der Waals surface area contributed by atoms with Crippen molar-refractivity contribution < 1.29 is 0 Å². The number of rotatable bonds is 3. The van der Waals surface area contributed by atoms with Crippen LogP contribution in [0.25, 0.3) is 0 Å². The van der Waals surface area contributed by atoms with Gasteiger partial charge in [0.25, 0.3) is 0 Å². The van der Waals surface area contributed by atoms with E-state index >= 15 is 0 Å². The molecule has 2 N–H and O–H groups in total. The maximum absolute atomic E-state index is 5.56. The normalized spacial score (nSPS) is 11.5. The first kappa shape index (κ1) is 13.4. The average molecular weight is 255 g/mol. The van der Waals surface area contributed by atoms with Crippen molar-refractivity contribution in [3.63, 3.8) is 0 Å². The van der Waals surface area contributed by atoms with Crippen LogP contribution < -0.4 is 5.73 Å². The van der Waals surface area contributed by atoms with E-state index in [1.165, 1.54) is 0 Å². The van der Waals surface area contributed by atoms with E-state index in [2.05, 4.69) is 37.7 Å². The van der Waals surface area contributed by atoms with Crippen LogP contribution in [0.15, 0.2) is 11.2 Å². The van der Waals surface area contributed by atoms with Crippen molar-refractivity contribution in [2.45, 2.75) is 38.1 Å². The zero-order chi connectivity index (χ0) is 12.3. The van der Waals surface area contributed by atoms with Crippen molar-refractivity contribution >= 4 is 29.0 Å². The van der Waals surface area contributed by atoms with E-state index in [1.54, 1.807) is 18.0 Å². The second kappa shape index (κ2) is 5.10. The van der Waals surface area contributed by atoms with Gasteiger partial charge in [-0.15, -0.1) is 11.8 Å². The molecule has 0 unspecified atom stereocenters. The Kier molecular flexibility index (Phi) is 4.27. The van der Waals surface area contributed by atoms with Crippen LogP contribution in [0.3, 0.4) is 0 Å². The van der Waals surface area contributed by atoms with E-state index in [9.17, 15) is 0 Å². The first-order valence-corrected chi connectivity index (χ1v) is 6.55. The topological polar surface area (TPSA) is 51.8 Å². The Hall–Kier alpha value is -0.680. The molecule has 1 rings (SSSR count). The molecule has 88 valence electrons. The fourth-order valence-corrected chi connectivity index (χ4v) is 2.27. The fourth-order valence-electron chi connectivity index (χ4n) is 1.24. The number of nitrogens with zero attached hydrogens (tertiary/aromatic N) is 2. The number of thioether (sulfide) groups is 1. The molecule has 0 aliphatic carbocycles. The molecular weight excluding hydrogens is 238 g/mol. The quantitative estimate of drug-likeness (QED) is 0.664. The van der Waals surface area contributed by atoms with Gasteiger partial charge in [-0.25, -0.2) is 4.98 Å². The summed E-state index contributed by atoms with van der Waals surface area (Å²) in [5, 5.41) is 0.931. The second-order valence-electron chi connectivity index (χ2n) is 4.46. The van der Waals surface area contributed by atoms with Gasteiger partial charge < -0.3 is 5.73 Å². The van der Waals surface area contributed by atoms with Crippen LogP contribution in [0.5, 0.6) is 0 Å². The van der Waals surface area contributed by atoms with Gasteiger partial charge in [-0.05, 0) is 5.75 Å². The predicted molar refractivity (Wildman–Crippen MR) is 73.0 cm³/mol. The van der Waals surface area contributed by atoms with Crippen LogP contribution in [-0.2, 0) is 5.41 Å². The Balaban J connectivity index is 3.24. The number of thiocarbonyl (C=S) groups is 1. The summed E-state index contributed by atoms with van der Waals surface area (Å²) in [5.41, 5.74) is 7.14. The summed E-state index contributed by atoms with van der Waals surface area (Å²) in [6, 6.07) is 0. The molecule has 0 saturated carbocycles. The Morgan fingerprint density at radius 2 is 2.12 bits per heavy atom. The molecule has 0 amide bonds. The van der Waals surface area contributed by atoms with Gasteiger partial charge in [0.1, 0.15) is 15.7 Å². The van der Waals surface area contributed by atoms with E-state index in [0.29, 0.717) is 10.7 Å². The molecule has 0 aliphatic rings. The molecule has 0 aliphatic heterocycles. The highest BCUT2D eigenvalue weighted by molar-refractivity contribution is 7.99. The molecule has 1 aromatic rings. The molecule has 3 nitrogen and oxygen atoms in total. The molecule has 1 heterocycles. The Morgan fingerprint density at radius 1 is 1.50 bits per heavy atom. The third-order valence-electron chi connectivity index (χ3n) is 1.98. The lowest BCUT2D eigenvalue weighted by molar-refractivity contribution is 0.547. The number of hydrogen-bond donors (Lipinski definition) is 1. The molecule has 1 aromatic heterocycles. The van der Waals surface area contributed by atoms with Crippen LogP contribution >= 0.6 is 24.0 Å². The summed E-state index contributed by atoms with van der Waals surface area (Å²) < 4.78 is 0. The average Bonchev–Trinajstić information content (AvgIpc) is 2.16. The maximum Gasteiger partial charge on any atom is 0.124 e. The lowest BCUT2D eigenvalue weighted by atomic mass is 9.92. The molecule has 5 heteroatoms. The minimum Gasteiger partial charge on any atom is -0.388 e. The van der Waals surface area contributed by atoms with Crippen LogP contribution in [0.1, 0.15) is 39.1 Å². The standard InChI is InChI=1S/C11H17N3S2/c1-5-16-10-8(11(2,3)4)13-6-7(14-10)9(12)15/h6H,5H2,1-4H3,(H2,12,15). The van der Waals surface area contributed by atoms with Gasteiger partial charge in [0, 0.05) is 5.41 Å². The molecule has 0 spiro atoms. The van der Waals surface area contributed by atoms with Gasteiger partial charge in [0.15, 0.2) is 0 Å². The lowest BCUT2D eigenvalue weighted by Gasteiger charge is -2.20. The Labute approximate surface area is 106 Å². The summed E-state index contributed by atoms with van der Waals surface area (Å²) in [6.45, 7) is 8.46. The molecule has 0 fully saturated rings. The molecule has 0 atom stereocenters. The molecule has 0 saturated heterocycles. The Bertz CT molecular complexity index is 397. The fraction of sp³-hybridized carbons (Fsp3) is 0.545. The summed E-state index contributed by atoms with van der Waals surface area (Å²) in [5.74, 6) is 0.957. The monoisotopic (exact) mass is 255 g/mol. The summed E-state index contributed by atoms with van der Waals surface area (Å²) >= 11 is 6.58. The van der Waals surface area contributed by atoms with E-state index in [0.717, 1.165) is 16.5 Å². The van der Waals surface area contributed by atoms with Crippen molar-refractivity contribution in [3.05, 3.63) is 17.6 Å². The van der Waals surface area contributed by atoms with Crippen LogP contribution in [0.2, 0.25) is 0 Å². The minimum atomic E-state index is -0.0146. The molecule has 0 radical (unpaired) electrons. The first-order chi connectivity index (χ1) is 7.36. The summed E-state index contributed by atoms with van der Waals surface area (Å²) in [4.78, 5) is 9.20. The van der Waals surface area contributed by atoms with E-state index in [1.807, 2.05) is 0 Å². The van der Waals surface area contributed by atoms with Gasteiger partial charge in [0.2, 0.25) is 0 Å². The number of nitrogens with two attached hydrogens (primary N) is 1. The summed E-state index contributed by atoms with van der Waals surface area (Å²) in [7, 11) is 0. The number of hydrogen-bond acceptors (Lipinski definition) is 4. The predicted octanol–water partition coefficient (Wildman–Crippen LogP) is 2.52. The molecule has 16 heavy (non-hydrogen) atoms. The SMILES string of the molecule is CCSc1nc(C(N)=S)cnc1C(C)(C)C. The second-order valence-corrected chi connectivity index (χ2v) is 6.15. The van der Waals surface area contributed by atoms with Crippen molar-refractivity contribution in [1.29, 1.82) is 0 Å². The number of aromatic nitrogens is 2.